The third-order valence-electron chi connectivity index (χ3n) is 7.39. The van der Waals surface area contributed by atoms with Crippen molar-refractivity contribution in [1.82, 2.24) is 0 Å². The van der Waals surface area contributed by atoms with Crippen molar-refractivity contribution in [2.75, 3.05) is 6.16 Å². The molecule has 0 saturated carbocycles. The molecule has 0 heterocycles. The minimum absolute atomic E-state index is 0.0446. The Morgan fingerprint density at radius 1 is 0.778 bits per heavy atom. The van der Waals surface area contributed by atoms with Crippen LogP contribution in [0.2, 0.25) is 18.1 Å². The van der Waals surface area contributed by atoms with Crippen molar-refractivity contribution in [2.45, 2.75) is 57.8 Å². The van der Waals surface area contributed by atoms with E-state index < -0.39 is 27.7 Å². The number of rotatable bonds is 11. The molecular weight excluding hydrogens is 483 g/mol. The molecule has 3 aromatic carbocycles. The summed E-state index contributed by atoms with van der Waals surface area (Å²) in [6.45, 7) is 10.6. The topological polar surface area (TPSA) is 63.6 Å². The molecule has 0 aromatic heterocycles. The predicted molar refractivity (Wildman–Crippen MR) is 155 cm³/mol. The van der Waals surface area contributed by atoms with Crippen LogP contribution in [0, 0.1) is 0 Å². The number of hydrogen-bond acceptors (Lipinski definition) is 3. The molecule has 0 saturated heterocycles. The van der Waals surface area contributed by atoms with Gasteiger partial charge in [-0.05, 0) is 0 Å². The third kappa shape index (κ3) is 6.58. The molecule has 0 aliphatic carbocycles. The molecule has 0 spiro atoms. The number of carboxylic acid groups (broad SMARTS) is 1. The molecule has 0 aliphatic rings. The van der Waals surface area contributed by atoms with Gasteiger partial charge in [0.15, 0.2) is 0 Å². The Bertz CT molecular complexity index is 1050. The van der Waals surface area contributed by atoms with Gasteiger partial charge in [-0.2, -0.15) is 0 Å². The quantitative estimate of drug-likeness (QED) is 0.265. The Hall–Kier alpha value is -2.59. The zero-order chi connectivity index (χ0) is 26.4. The van der Waals surface area contributed by atoms with E-state index in [2.05, 4.69) is 70.3 Å². The molecule has 3 aromatic rings. The molecule has 192 valence electrons. The van der Waals surface area contributed by atoms with E-state index in [-0.39, 0.29) is 23.7 Å². The number of carboxylic acids is 1. The Kier molecular flexibility index (Phi) is 9.05. The molecule has 6 heteroatoms. The predicted octanol–water partition coefficient (Wildman–Crippen LogP) is 5.54. The van der Waals surface area contributed by atoms with Gasteiger partial charge in [0.05, 0.1) is 0 Å². The van der Waals surface area contributed by atoms with E-state index in [1.54, 1.807) is 0 Å². The van der Waals surface area contributed by atoms with Crippen LogP contribution in [0.3, 0.4) is 0 Å². The second-order valence-electron chi connectivity index (χ2n) is 11.0. The van der Waals surface area contributed by atoms with Gasteiger partial charge in [0.25, 0.3) is 0 Å². The molecule has 0 radical (unpaired) electrons. The average Bonchev–Trinajstić information content (AvgIpc) is 2.83. The fourth-order valence-electron chi connectivity index (χ4n) is 4.54. The molecule has 1 N–H and O–H groups in total. The number of carbonyl (C=O) groups excluding carboxylic acids is 1. The van der Waals surface area contributed by atoms with E-state index in [1.807, 2.05) is 54.6 Å². The molecule has 1 atom stereocenters. The summed E-state index contributed by atoms with van der Waals surface area (Å²) in [6.07, 6.45) is -0.360. The van der Waals surface area contributed by atoms with Crippen molar-refractivity contribution in [3.63, 3.8) is 0 Å². The zero-order valence-electron chi connectivity index (χ0n) is 22.0. The van der Waals surface area contributed by atoms with Gasteiger partial charge in [-0.25, -0.2) is 0 Å². The minimum atomic E-state index is -2.73. The normalized spacial score (nSPS) is 13.7. The van der Waals surface area contributed by atoms with E-state index in [4.69, 9.17) is 4.43 Å². The summed E-state index contributed by atoms with van der Waals surface area (Å²) in [5.41, 5.74) is 0. The zero-order valence-corrected chi connectivity index (χ0v) is 24.0. The maximum atomic E-state index is 13.9. The Morgan fingerprint density at radius 3 is 1.50 bits per heavy atom. The van der Waals surface area contributed by atoms with Crippen LogP contribution in [-0.4, -0.2) is 37.4 Å². The van der Waals surface area contributed by atoms with Crippen molar-refractivity contribution in [3.05, 3.63) is 91.0 Å². The first-order valence-electron chi connectivity index (χ1n) is 12.5. The third-order valence-corrected chi connectivity index (χ3v) is 16.8. The number of ketones is 1. The molecule has 0 amide bonds. The molecule has 3 rings (SSSR count). The van der Waals surface area contributed by atoms with E-state index in [9.17, 15) is 14.7 Å². The first-order valence-corrected chi connectivity index (χ1v) is 17.6. The summed E-state index contributed by atoms with van der Waals surface area (Å²) in [5, 5.41) is 13.0. The SMILES string of the molecule is CC(C)(C)[Si](C)(C)O[C@@H](CC(=O)O)CC(=O)C[PH](c1ccccc1)(c1ccccc1)c1ccccc1. The average molecular weight is 523 g/mol. The van der Waals surface area contributed by atoms with E-state index in [0.717, 1.165) is 15.9 Å². The molecular formula is C30H39O4PSi. The standard InChI is InChI=1S/C30H39O4PSi/c1-30(2,3)36(4,5)34-25(22-29(32)33)21-24(31)23-35(26-15-9-6-10-16-26,27-17-11-7-12-18-27)28-19-13-8-14-20-28/h6-20,25,35H,21-23H2,1-5H3,(H,32,33)/t25-/m1/s1. The van der Waals surface area contributed by atoms with Crippen LogP contribution in [0.1, 0.15) is 33.6 Å². The molecule has 0 bridgehead atoms. The van der Waals surface area contributed by atoms with Crippen molar-refractivity contribution < 1.29 is 19.1 Å². The molecule has 36 heavy (non-hydrogen) atoms. The summed E-state index contributed by atoms with van der Waals surface area (Å²) in [5.74, 6) is -0.896. The van der Waals surface area contributed by atoms with Crippen LogP contribution in [0.5, 0.6) is 0 Å². The van der Waals surface area contributed by atoms with E-state index >= 15 is 0 Å². The monoisotopic (exact) mass is 522 g/mol. The first-order chi connectivity index (χ1) is 17.0. The maximum absolute atomic E-state index is 13.9. The summed E-state index contributed by atoms with van der Waals surface area (Å²) < 4.78 is 6.47. The van der Waals surface area contributed by atoms with Crippen molar-refractivity contribution in [1.29, 1.82) is 0 Å². The van der Waals surface area contributed by atoms with Crippen LogP contribution in [0.25, 0.3) is 0 Å². The number of benzene rings is 3. The summed E-state index contributed by atoms with van der Waals surface area (Å²) in [4.78, 5) is 25.6. The van der Waals surface area contributed by atoms with Gasteiger partial charge in [0.2, 0.25) is 0 Å². The van der Waals surface area contributed by atoms with Crippen LogP contribution < -0.4 is 15.9 Å². The van der Waals surface area contributed by atoms with Gasteiger partial charge >= 0.3 is 217 Å². The Morgan fingerprint density at radius 2 is 1.17 bits per heavy atom. The number of Topliss-reactive ketones (excluding diaryl/α,β-unsaturated/α-hetero) is 1. The van der Waals surface area contributed by atoms with Crippen LogP contribution in [-0.2, 0) is 14.0 Å². The van der Waals surface area contributed by atoms with E-state index in [1.165, 1.54) is 0 Å². The van der Waals surface area contributed by atoms with Crippen LogP contribution in [0.15, 0.2) is 91.0 Å². The van der Waals surface area contributed by atoms with Gasteiger partial charge in [-0.1, -0.05) is 0 Å². The summed E-state index contributed by atoms with van der Waals surface area (Å²) in [7, 11) is -4.99. The fourth-order valence-corrected chi connectivity index (χ4v) is 10.5. The number of carbonyl (C=O) groups is 2. The van der Waals surface area contributed by atoms with Crippen molar-refractivity contribution in [2.24, 2.45) is 0 Å². The fraction of sp³-hybridized carbons (Fsp3) is 0.333. The number of hydrogen-bond donors (Lipinski definition) is 1. The van der Waals surface area contributed by atoms with Crippen LogP contribution in [0.4, 0.5) is 0 Å². The summed E-state index contributed by atoms with van der Waals surface area (Å²) >= 11 is 0. The Labute approximate surface area is 217 Å². The van der Waals surface area contributed by atoms with Gasteiger partial charge in [0.1, 0.15) is 0 Å². The van der Waals surface area contributed by atoms with Crippen molar-refractivity contribution >= 4 is 43.2 Å². The second-order valence-corrected chi connectivity index (χ2v) is 19.7. The molecule has 0 aliphatic heterocycles. The van der Waals surface area contributed by atoms with Crippen LogP contribution >= 0.6 is 7.26 Å². The second kappa shape index (κ2) is 11.6. The van der Waals surface area contributed by atoms with E-state index in [0.29, 0.717) is 6.16 Å². The molecule has 0 fully saturated rings. The van der Waals surface area contributed by atoms with Gasteiger partial charge in [0, 0.05) is 0 Å². The summed E-state index contributed by atoms with van der Waals surface area (Å²) in [6, 6.07) is 30.9. The van der Waals surface area contributed by atoms with Gasteiger partial charge in [-0.15, -0.1) is 0 Å². The molecule has 0 unspecified atom stereocenters. The Balaban J connectivity index is 2.05. The van der Waals surface area contributed by atoms with Gasteiger partial charge < -0.3 is 0 Å². The molecule has 4 nitrogen and oxygen atoms in total. The van der Waals surface area contributed by atoms with Crippen molar-refractivity contribution in [3.8, 4) is 0 Å². The first kappa shape index (κ1) is 28.0. The number of aliphatic carboxylic acids is 1. The van der Waals surface area contributed by atoms with Gasteiger partial charge in [-0.3, -0.25) is 0 Å².